The van der Waals surface area contributed by atoms with Crippen molar-refractivity contribution in [2.45, 2.75) is 11.4 Å². The number of ketones is 1. The zero-order valence-electron chi connectivity index (χ0n) is 15.1. The molecule has 0 aliphatic carbocycles. The van der Waals surface area contributed by atoms with Crippen LogP contribution in [0.5, 0.6) is 0 Å². The number of nitrogens with zero attached hydrogens (tertiary/aromatic N) is 1. The van der Waals surface area contributed by atoms with E-state index in [-0.39, 0.29) is 17.2 Å². The van der Waals surface area contributed by atoms with Crippen molar-refractivity contribution in [3.8, 4) is 11.1 Å². The number of aromatic amines is 1. The summed E-state index contributed by atoms with van der Waals surface area (Å²) in [4.78, 5) is 20.6. The molecular weight excluding hydrogens is 366 g/mol. The summed E-state index contributed by atoms with van der Waals surface area (Å²) in [5, 5.41) is 4.54. The average molecular weight is 385 g/mol. The zero-order valence-corrected chi connectivity index (χ0v) is 15.9. The fraction of sp³-hybridized carbons (Fsp3) is 0.130. The maximum Gasteiger partial charge on any atom is 0.182 e. The van der Waals surface area contributed by atoms with Crippen molar-refractivity contribution < 1.29 is 4.79 Å². The van der Waals surface area contributed by atoms with Crippen molar-refractivity contribution in [2.75, 3.05) is 5.75 Å². The Hall–Kier alpha value is -2.89. The lowest BCUT2D eigenvalue weighted by molar-refractivity contribution is 0.0957. The van der Waals surface area contributed by atoms with Crippen molar-refractivity contribution in [2.24, 2.45) is 0 Å². The van der Waals surface area contributed by atoms with Crippen LogP contribution in [-0.2, 0) is 0 Å². The third-order valence-electron chi connectivity index (χ3n) is 5.14. The van der Waals surface area contributed by atoms with Crippen LogP contribution in [0.3, 0.4) is 0 Å². The number of carbonyl (C=O) groups excluding carboxylic acids is 1. The van der Waals surface area contributed by atoms with Crippen LogP contribution >= 0.6 is 11.8 Å². The first-order chi connectivity index (χ1) is 13.8. The molecule has 1 aliphatic heterocycles. The second kappa shape index (κ2) is 7.26. The highest BCUT2D eigenvalue weighted by atomic mass is 32.2. The van der Waals surface area contributed by atoms with Crippen molar-refractivity contribution in [1.82, 2.24) is 15.3 Å². The molecule has 4 aromatic rings. The Morgan fingerprint density at radius 3 is 2.75 bits per heavy atom. The van der Waals surface area contributed by atoms with Crippen LogP contribution in [0.15, 0.2) is 79.3 Å². The number of benzene rings is 2. The van der Waals surface area contributed by atoms with Gasteiger partial charge in [-0.2, -0.15) is 0 Å². The van der Waals surface area contributed by atoms with Crippen LogP contribution in [0.4, 0.5) is 0 Å². The van der Waals surface area contributed by atoms with Gasteiger partial charge >= 0.3 is 0 Å². The van der Waals surface area contributed by atoms with Crippen LogP contribution in [-0.4, -0.2) is 27.5 Å². The van der Waals surface area contributed by atoms with Gasteiger partial charge in [0, 0.05) is 40.8 Å². The topological polar surface area (TPSA) is 57.8 Å². The van der Waals surface area contributed by atoms with Gasteiger partial charge in [0.2, 0.25) is 0 Å². The van der Waals surface area contributed by atoms with Gasteiger partial charge in [0.05, 0.1) is 11.4 Å². The lowest BCUT2D eigenvalue weighted by Crippen LogP contribution is -2.34. The van der Waals surface area contributed by atoms with Gasteiger partial charge in [0.15, 0.2) is 5.78 Å². The molecule has 0 bridgehead atoms. The summed E-state index contributed by atoms with van der Waals surface area (Å²) in [5.41, 5.74) is 5.15. The molecule has 2 aromatic carbocycles. The Labute approximate surface area is 167 Å². The Bertz CT molecular complexity index is 1120. The van der Waals surface area contributed by atoms with E-state index in [9.17, 15) is 4.79 Å². The van der Waals surface area contributed by atoms with E-state index in [0.717, 1.165) is 33.3 Å². The molecule has 0 unspecified atom stereocenters. The van der Waals surface area contributed by atoms with E-state index in [2.05, 4.69) is 39.6 Å². The van der Waals surface area contributed by atoms with E-state index in [0.29, 0.717) is 0 Å². The van der Waals surface area contributed by atoms with E-state index in [1.165, 1.54) is 5.56 Å². The van der Waals surface area contributed by atoms with Gasteiger partial charge in [0.1, 0.15) is 0 Å². The van der Waals surface area contributed by atoms with Gasteiger partial charge in [-0.15, -0.1) is 11.8 Å². The molecule has 0 spiro atoms. The minimum atomic E-state index is -0.192. The number of nitrogens with one attached hydrogen (secondary N) is 2. The number of thioether (sulfide) groups is 1. The molecule has 2 atom stereocenters. The van der Waals surface area contributed by atoms with Crippen molar-refractivity contribution in [3.63, 3.8) is 0 Å². The lowest BCUT2D eigenvalue weighted by Gasteiger charge is -2.12. The monoisotopic (exact) mass is 385 g/mol. The van der Waals surface area contributed by atoms with Crippen LogP contribution in [0, 0.1) is 0 Å². The SMILES string of the molecule is O=C(c1c[nH]c2cc(-c3ccccc3)ccc12)[C@@H]1CS[C@H](c2cccnc2)N1. The summed E-state index contributed by atoms with van der Waals surface area (Å²) in [5.74, 6) is 0.894. The third kappa shape index (κ3) is 3.13. The molecule has 1 saturated heterocycles. The molecule has 3 heterocycles. The van der Waals surface area contributed by atoms with E-state index >= 15 is 0 Å². The van der Waals surface area contributed by atoms with Gasteiger partial charge in [-0.25, -0.2) is 0 Å². The second-order valence-corrected chi connectivity index (χ2v) is 8.05. The molecule has 138 valence electrons. The summed E-state index contributed by atoms with van der Waals surface area (Å²) in [6.07, 6.45) is 5.46. The number of fused-ring (bicyclic) bond motifs is 1. The highest BCUT2D eigenvalue weighted by Crippen LogP contribution is 2.34. The molecule has 0 radical (unpaired) electrons. The van der Waals surface area contributed by atoms with Crippen LogP contribution in [0.1, 0.15) is 21.3 Å². The number of pyridine rings is 1. The average Bonchev–Trinajstić information content (AvgIpc) is 3.42. The van der Waals surface area contributed by atoms with Gasteiger partial charge in [-0.3, -0.25) is 15.1 Å². The molecule has 0 saturated carbocycles. The van der Waals surface area contributed by atoms with Crippen molar-refractivity contribution in [1.29, 1.82) is 0 Å². The quantitative estimate of drug-likeness (QED) is 0.495. The predicted molar refractivity (Wildman–Crippen MR) is 114 cm³/mol. The summed E-state index contributed by atoms with van der Waals surface area (Å²) in [6, 6.07) is 20.3. The van der Waals surface area contributed by atoms with E-state index in [4.69, 9.17) is 0 Å². The van der Waals surface area contributed by atoms with Crippen LogP contribution < -0.4 is 5.32 Å². The standard InChI is InChI=1S/C23H19N3OS/c27-22(21-14-28-23(26-21)17-7-4-10-24-12-17)19-13-25-20-11-16(8-9-18(19)20)15-5-2-1-3-6-15/h1-13,21,23,25-26H,14H2/t21-,23+/m0/s1. The Kier molecular flexibility index (Phi) is 4.47. The number of rotatable bonds is 4. The van der Waals surface area contributed by atoms with E-state index in [1.807, 2.05) is 48.8 Å². The molecule has 2 aromatic heterocycles. The Morgan fingerprint density at radius 1 is 1.04 bits per heavy atom. The molecule has 28 heavy (non-hydrogen) atoms. The molecule has 5 heteroatoms. The molecule has 1 fully saturated rings. The minimum Gasteiger partial charge on any atom is -0.360 e. The minimum absolute atomic E-state index is 0.109. The Morgan fingerprint density at radius 2 is 1.93 bits per heavy atom. The largest absolute Gasteiger partial charge is 0.360 e. The molecule has 5 rings (SSSR count). The molecule has 1 aliphatic rings. The summed E-state index contributed by atoms with van der Waals surface area (Å²) in [6.45, 7) is 0. The molecule has 2 N–H and O–H groups in total. The first-order valence-electron chi connectivity index (χ1n) is 9.28. The predicted octanol–water partition coefficient (Wildman–Crippen LogP) is 4.82. The number of hydrogen-bond acceptors (Lipinski definition) is 4. The van der Waals surface area contributed by atoms with Crippen LogP contribution in [0.2, 0.25) is 0 Å². The number of H-pyrrole nitrogens is 1. The maximum atomic E-state index is 13.1. The zero-order chi connectivity index (χ0) is 18.9. The van der Waals surface area contributed by atoms with E-state index in [1.54, 1.807) is 18.0 Å². The fourth-order valence-corrected chi connectivity index (χ4v) is 4.90. The van der Waals surface area contributed by atoms with E-state index < -0.39 is 0 Å². The smallest absolute Gasteiger partial charge is 0.182 e. The maximum absolute atomic E-state index is 13.1. The Balaban J connectivity index is 1.40. The lowest BCUT2D eigenvalue weighted by atomic mass is 10.0. The highest BCUT2D eigenvalue weighted by molar-refractivity contribution is 7.99. The van der Waals surface area contributed by atoms with Gasteiger partial charge < -0.3 is 4.98 Å². The third-order valence-corrected chi connectivity index (χ3v) is 6.41. The fourth-order valence-electron chi connectivity index (χ4n) is 3.67. The van der Waals surface area contributed by atoms with Crippen molar-refractivity contribution >= 4 is 28.4 Å². The number of hydrogen-bond donors (Lipinski definition) is 2. The summed E-state index contributed by atoms with van der Waals surface area (Å²) < 4.78 is 0. The summed E-state index contributed by atoms with van der Waals surface area (Å²) in [7, 11) is 0. The highest BCUT2D eigenvalue weighted by Gasteiger charge is 2.32. The number of carbonyl (C=O) groups is 1. The molecular formula is C23H19N3OS. The molecule has 4 nitrogen and oxygen atoms in total. The second-order valence-electron chi connectivity index (χ2n) is 6.91. The number of aromatic nitrogens is 2. The normalized spacial score (nSPS) is 19.1. The summed E-state index contributed by atoms with van der Waals surface area (Å²) >= 11 is 1.75. The number of Topliss-reactive ketones (excluding diaryl/α,β-unsaturated/α-hetero) is 1. The van der Waals surface area contributed by atoms with Crippen molar-refractivity contribution in [3.05, 3.63) is 90.4 Å². The van der Waals surface area contributed by atoms with Gasteiger partial charge in [-0.1, -0.05) is 48.5 Å². The molecule has 0 amide bonds. The van der Waals surface area contributed by atoms with Crippen LogP contribution in [0.25, 0.3) is 22.0 Å². The van der Waals surface area contributed by atoms with Gasteiger partial charge in [-0.05, 0) is 28.8 Å². The first kappa shape index (κ1) is 17.2. The van der Waals surface area contributed by atoms with Gasteiger partial charge in [0.25, 0.3) is 0 Å². The first-order valence-corrected chi connectivity index (χ1v) is 10.3.